The molecule has 166 valence electrons. The lowest BCUT2D eigenvalue weighted by molar-refractivity contribution is -0.141. The molecule has 0 unspecified atom stereocenters. The maximum atomic E-state index is 14.2. The number of amides is 2. The average Bonchev–Trinajstić information content (AvgIpc) is 3.28. The van der Waals surface area contributed by atoms with Gasteiger partial charge in [-0.2, -0.15) is 0 Å². The minimum Gasteiger partial charge on any atom is -0.497 e. The summed E-state index contributed by atoms with van der Waals surface area (Å²) in [6.07, 6.45) is 4.56. The molecule has 1 fully saturated rings. The second-order valence-electron chi connectivity index (χ2n) is 8.06. The average molecular weight is 427 g/mol. The van der Waals surface area contributed by atoms with Crippen molar-refractivity contribution in [3.8, 4) is 5.75 Å². The summed E-state index contributed by atoms with van der Waals surface area (Å²) >= 11 is 0. The first-order chi connectivity index (χ1) is 15.0. The second kappa shape index (κ2) is 10.9. The van der Waals surface area contributed by atoms with Crippen LogP contribution >= 0.6 is 0 Å². The fourth-order valence-electron chi connectivity index (χ4n) is 4.16. The molecule has 5 nitrogen and oxygen atoms in total. The van der Waals surface area contributed by atoms with Crippen LogP contribution in [-0.4, -0.2) is 35.9 Å². The number of hydrogen-bond acceptors (Lipinski definition) is 3. The van der Waals surface area contributed by atoms with Crippen molar-refractivity contribution in [1.82, 2.24) is 10.2 Å². The van der Waals surface area contributed by atoms with E-state index >= 15 is 0 Å². The van der Waals surface area contributed by atoms with Gasteiger partial charge in [-0.05, 0) is 48.6 Å². The first kappa shape index (κ1) is 22.8. The minimum atomic E-state index is -0.619. The van der Waals surface area contributed by atoms with Gasteiger partial charge < -0.3 is 15.0 Å². The summed E-state index contributed by atoms with van der Waals surface area (Å²) in [5.41, 5.74) is 1.18. The Kier molecular flexibility index (Phi) is 8.04. The van der Waals surface area contributed by atoms with Gasteiger partial charge in [-0.3, -0.25) is 9.59 Å². The number of nitrogens with one attached hydrogen (secondary N) is 1. The smallest absolute Gasteiger partial charge is 0.243 e. The summed E-state index contributed by atoms with van der Waals surface area (Å²) in [4.78, 5) is 28.0. The lowest BCUT2D eigenvalue weighted by Crippen LogP contribution is -2.51. The molecular formula is C25H31FN2O3. The Morgan fingerprint density at radius 1 is 1.16 bits per heavy atom. The quantitative estimate of drug-likeness (QED) is 0.652. The third kappa shape index (κ3) is 6.06. The van der Waals surface area contributed by atoms with Crippen molar-refractivity contribution in [1.29, 1.82) is 0 Å². The number of benzene rings is 2. The molecule has 0 aliphatic heterocycles. The van der Waals surface area contributed by atoms with Crippen LogP contribution in [-0.2, 0) is 22.6 Å². The van der Waals surface area contributed by atoms with E-state index in [1.54, 1.807) is 30.2 Å². The Labute approximate surface area is 183 Å². The molecule has 2 aromatic carbocycles. The van der Waals surface area contributed by atoms with Crippen LogP contribution in [0, 0.1) is 5.82 Å². The standard InChI is InChI=1S/C25H31FN2O3/c1-3-23(25(30)27-20-11-5-6-12-20)28(17-18-9-8-13-21(15-18)31-2)24(29)16-19-10-4-7-14-22(19)26/h4,7-10,13-15,20,23H,3,5-6,11-12,16-17H2,1-2H3,(H,27,30)/t23-/m0/s1. The zero-order valence-corrected chi connectivity index (χ0v) is 18.3. The van der Waals surface area contributed by atoms with Crippen molar-refractivity contribution in [3.63, 3.8) is 0 Å². The van der Waals surface area contributed by atoms with E-state index in [4.69, 9.17) is 4.74 Å². The molecule has 1 saturated carbocycles. The minimum absolute atomic E-state index is 0.0934. The van der Waals surface area contributed by atoms with E-state index in [0.717, 1.165) is 31.2 Å². The third-order valence-electron chi connectivity index (χ3n) is 5.87. The molecule has 0 aromatic heterocycles. The van der Waals surface area contributed by atoms with Gasteiger partial charge in [0.1, 0.15) is 17.6 Å². The molecule has 1 atom stereocenters. The van der Waals surface area contributed by atoms with Crippen LogP contribution in [0.4, 0.5) is 4.39 Å². The molecule has 2 amide bonds. The first-order valence-corrected chi connectivity index (χ1v) is 11.0. The summed E-state index contributed by atoms with van der Waals surface area (Å²) in [6, 6.07) is 13.2. The van der Waals surface area contributed by atoms with E-state index in [9.17, 15) is 14.0 Å². The maximum Gasteiger partial charge on any atom is 0.243 e. The molecule has 6 heteroatoms. The summed E-state index contributed by atoms with van der Waals surface area (Å²) in [5.74, 6) is -0.149. The molecule has 0 radical (unpaired) electrons. The number of carbonyl (C=O) groups excluding carboxylic acids is 2. The Morgan fingerprint density at radius 2 is 1.90 bits per heavy atom. The van der Waals surface area contributed by atoms with Crippen molar-refractivity contribution in [2.24, 2.45) is 0 Å². The van der Waals surface area contributed by atoms with Gasteiger partial charge in [0.2, 0.25) is 11.8 Å². The number of rotatable bonds is 9. The summed E-state index contributed by atoms with van der Waals surface area (Å²) < 4.78 is 19.5. The van der Waals surface area contributed by atoms with Gasteiger partial charge in [0, 0.05) is 12.6 Å². The number of ether oxygens (including phenoxy) is 1. The first-order valence-electron chi connectivity index (χ1n) is 11.0. The number of nitrogens with zero attached hydrogens (tertiary/aromatic N) is 1. The van der Waals surface area contributed by atoms with E-state index in [2.05, 4.69) is 5.32 Å². The summed E-state index contributed by atoms with van der Waals surface area (Å²) in [5, 5.41) is 3.12. The van der Waals surface area contributed by atoms with Crippen LogP contribution in [0.2, 0.25) is 0 Å². The van der Waals surface area contributed by atoms with Crippen LogP contribution < -0.4 is 10.1 Å². The van der Waals surface area contributed by atoms with Gasteiger partial charge in [-0.25, -0.2) is 4.39 Å². The predicted octanol–water partition coefficient (Wildman–Crippen LogP) is 4.24. The highest BCUT2D eigenvalue weighted by atomic mass is 19.1. The molecular weight excluding hydrogens is 395 g/mol. The van der Waals surface area contributed by atoms with Crippen molar-refractivity contribution < 1.29 is 18.7 Å². The van der Waals surface area contributed by atoms with E-state index < -0.39 is 11.9 Å². The highest BCUT2D eigenvalue weighted by Crippen LogP contribution is 2.21. The van der Waals surface area contributed by atoms with Crippen molar-refractivity contribution in [2.75, 3.05) is 7.11 Å². The van der Waals surface area contributed by atoms with Crippen molar-refractivity contribution >= 4 is 11.8 Å². The number of methoxy groups -OCH3 is 1. The Balaban J connectivity index is 1.84. The van der Waals surface area contributed by atoms with E-state index in [0.29, 0.717) is 17.7 Å². The summed E-state index contributed by atoms with van der Waals surface area (Å²) in [6.45, 7) is 2.15. The summed E-state index contributed by atoms with van der Waals surface area (Å²) in [7, 11) is 1.59. The lowest BCUT2D eigenvalue weighted by atomic mass is 10.1. The topological polar surface area (TPSA) is 58.6 Å². The molecule has 1 N–H and O–H groups in total. The predicted molar refractivity (Wildman–Crippen MR) is 118 cm³/mol. The Morgan fingerprint density at radius 3 is 2.58 bits per heavy atom. The number of halogens is 1. The number of hydrogen-bond donors (Lipinski definition) is 1. The highest BCUT2D eigenvalue weighted by Gasteiger charge is 2.31. The molecule has 2 aromatic rings. The van der Waals surface area contributed by atoms with Crippen LogP contribution in [0.1, 0.15) is 50.2 Å². The maximum absolute atomic E-state index is 14.2. The molecule has 0 bridgehead atoms. The van der Waals surface area contributed by atoms with Crippen LogP contribution in [0.25, 0.3) is 0 Å². The van der Waals surface area contributed by atoms with Gasteiger partial charge in [0.05, 0.1) is 13.5 Å². The monoisotopic (exact) mass is 426 g/mol. The molecule has 0 spiro atoms. The Bertz CT molecular complexity index is 896. The van der Waals surface area contributed by atoms with Gasteiger partial charge in [0.25, 0.3) is 0 Å². The zero-order valence-electron chi connectivity index (χ0n) is 18.3. The molecule has 1 aliphatic rings. The van der Waals surface area contributed by atoms with Crippen molar-refractivity contribution in [3.05, 3.63) is 65.5 Å². The van der Waals surface area contributed by atoms with Gasteiger partial charge in [-0.1, -0.05) is 50.1 Å². The molecule has 3 rings (SSSR count). The fourth-order valence-corrected chi connectivity index (χ4v) is 4.16. The number of carbonyl (C=O) groups is 2. The van der Waals surface area contributed by atoms with Gasteiger partial charge >= 0.3 is 0 Å². The van der Waals surface area contributed by atoms with Gasteiger partial charge in [-0.15, -0.1) is 0 Å². The molecule has 0 heterocycles. The Hall–Kier alpha value is -2.89. The highest BCUT2D eigenvalue weighted by molar-refractivity contribution is 5.88. The molecule has 0 saturated heterocycles. The zero-order chi connectivity index (χ0) is 22.2. The largest absolute Gasteiger partial charge is 0.497 e. The third-order valence-corrected chi connectivity index (χ3v) is 5.87. The van der Waals surface area contributed by atoms with Crippen molar-refractivity contribution in [2.45, 2.75) is 64.1 Å². The fraction of sp³-hybridized carbons (Fsp3) is 0.440. The van der Waals surface area contributed by atoms with Crippen LogP contribution in [0.3, 0.4) is 0 Å². The van der Waals surface area contributed by atoms with E-state index in [-0.39, 0.29) is 30.8 Å². The normalized spacial score (nSPS) is 14.8. The lowest BCUT2D eigenvalue weighted by Gasteiger charge is -2.31. The second-order valence-corrected chi connectivity index (χ2v) is 8.06. The van der Waals surface area contributed by atoms with E-state index in [1.807, 2.05) is 31.2 Å². The van der Waals surface area contributed by atoms with E-state index in [1.165, 1.54) is 6.07 Å². The van der Waals surface area contributed by atoms with Crippen LogP contribution in [0.5, 0.6) is 5.75 Å². The van der Waals surface area contributed by atoms with Gasteiger partial charge in [0.15, 0.2) is 0 Å². The molecule has 31 heavy (non-hydrogen) atoms. The SMILES string of the molecule is CC[C@@H](C(=O)NC1CCCC1)N(Cc1cccc(OC)c1)C(=O)Cc1ccccc1F. The van der Waals surface area contributed by atoms with Crippen LogP contribution in [0.15, 0.2) is 48.5 Å². The molecule has 1 aliphatic carbocycles.